The van der Waals surface area contributed by atoms with E-state index in [-0.39, 0.29) is 6.61 Å². The molecule has 0 spiro atoms. The molecule has 2 atom stereocenters. The Hall–Kier alpha value is -0.900. The van der Waals surface area contributed by atoms with Gasteiger partial charge in [0.25, 0.3) is 0 Å². The van der Waals surface area contributed by atoms with Crippen LogP contribution in [0.2, 0.25) is 0 Å². The van der Waals surface area contributed by atoms with Crippen LogP contribution in [0.1, 0.15) is 24.5 Å². The summed E-state index contributed by atoms with van der Waals surface area (Å²) in [7, 11) is 0. The Morgan fingerprint density at radius 1 is 1.44 bits per heavy atom. The van der Waals surface area contributed by atoms with E-state index in [1.54, 1.807) is 0 Å². The molecule has 0 saturated carbocycles. The van der Waals surface area contributed by atoms with E-state index in [4.69, 9.17) is 9.84 Å². The molecule has 2 rings (SSSR count). The number of aliphatic hydroxyl groups excluding tert-OH is 1. The van der Waals surface area contributed by atoms with Crippen LogP contribution in [0, 0.1) is 0 Å². The maximum absolute atomic E-state index is 9.04. The van der Waals surface area contributed by atoms with Gasteiger partial charge in [-0.05, 0) is 24.5 Å². The van der Waals surface area contributed by atoms with E-state index in [1.807, 2.05) is 18.2 Å². The van der Waals surface area contributed by atoms with Crippen LogP contribution in [0.15, 0.2) is 24.3 Å². The normalized spacial score (nSPS) is 24.9. The van der Waals surface area contributed by atoms with Crippen molar-refractivity contribution in [3.63, 3.8) is 0 Å². The van der Waals surface area contributed by atoms with Gasteiger partial charge in [0.05, 0.1) is 12.7 Å². The van der Waals surface area contributed by atoms with Gasteiger partial charge in [-0.25, -0.2) is 0 Å². The van der Waals surface area contributed by atoms with Gasteiger partial charge in [-0.2, -0.15) is 0 Å². The average Bonchev–Trinajstić information content (AvgIpc) is 2.72. The van der Waals surface area contributed by atoms with E-state index in [0.29, 0.717) is 12.1 Å². The fraction of sp³-hybridized carbons (Fsp3) is 0.538. The summed E-state index contributed by atoms with van der Waals surface area (Å²) in [5, 5.41) is 12.5. The number of ether oxygens (including phenoxy) is 1. The average molecular weight is 221 g/mol. The number of hydrogen-bond acceptors (Lipinski definition) is 3. The smallest absolute Gasteiger partial charge is 0.0700 e. The lowest BCUT2D eigenvalue weighted by molar-refractivity contribution is 0.113. The van der Waals surface area contributed by atoms with Crippen molar-refractivity contribution < 1.29 is 9.84 Å². The van der Waals surface area contributed by atoms with Crippen molar-refractivity contribution in [2.45, 2.75) is 38.6 Å². The van der Waals surface area contributed by atoms with Crippen LogP contribution in [0.5, 0.6) is 0 Å². The highest BCUT2D eigenvalue weighted by Crippen LogP contribution is 2.13. The molecular formula is C13H19NO2. The molecular weight excluding hydrogens is 202 g/mol. The highest BCUT2D eigenvalue weighted by Gasteiger charge is 2.23. The molecule has 16 heavy (non-hydrogen) atoms. The minimum Gasteiger partial charge on any atom is -0.392 e. The highest BCUT2D eigenvalue weighted by atomic mass is 16.5. The molecule has 0 radical (unpaired) electrons. The van der Waals surface area contributed by atoms with E-state index in [1.165, 1.54) is 5.56 Å². The zero-order valence-electron chi connectivity index (χ0n) is 9.65. The Bertz CT molecular complexity index is 340. The van der Waals surface area contributed by atoms with E-state index in [0.717, 1.165) is 25.1 Å². The minimum absolute atomic E-state index is 0.108. The molecule has 0 aliphatic carbocycles. The maximum Gasteiger partial charge on any atom is 0.0700 e. The predicted octanol–water partition coefficient (Wildman–Crippen LogP) is 1.45. The lowest BCUT2D eigenvalue weighted by atomic mass is 10.1. The Balaban J connectivity index is 1.88. The molecule has 3 nitrogen and oxygen atoms in total. The predicted molar refractivity (Wildman–Crippen MR) is 63.0 cm³/mol. The van der Waals surface area contributed by atoms with Crippen molar-refractivity contribution in [1.82, 2.24) is 5.32 Å². The zero-order chi connectivity index (χ0) is 11.4. The standard InChI is InChI=1S/C13H19NO2/c1-10-13(5-6-16-10)14-8-11-3-2-4-12(7-11)9-15/h2-4,7,10,13-15H,5-6,8-9H2,1H3. The van der Waals surface area contributed by atoms with Crippen LogP contribution >= 0.6 is 0 Å². The molecule has 1 aliphatic heterocycles. The van der Waals surface area contributed by atoms with E-state index in [9.17, 15) is 0 Å². The zero-order valence-corrected chi connectivity index (χ0v) is 9.65. The summed E-state index contributed by atoms with van der Waals surface area (Å²) in [6.07, 6.45) is 1.39. The second kappa shape index (κ2) is 5.43. The lowest BCUT2D eigenvalue weighted by Gasteiger charge is -2.16. The van der Waals surface area contributed by atoms with Crippen molar-refractivity contribution >= 4 is 0 Å². The Morgan fingerprint density at radius 2 is 2.25 bits per heavy atom. The molecule has 1 aromatic rings. The van der Waals surface area contributed by atoms with Gasteiger partial charge in [0.15, 0.2) is 0 Å². The molecule has 88 valence electrons. The Kier molecular flexibility index (Phi) is 3.93. The van der Waals surface area contributed by atoms with Crippen LogP contribution in [0.3, 0.4) is 0 Å². The monoisotopic (exact) mass is 221 g/mol. The third kappa shape index (κ3) is 2.82. The molecule has 0 amide bonds. The molecule has 3 heteroatoms. The van der Waals surface area contributed by atoms with Crippen LogP contribution in [-0.2, 0) is 17.9 Å². The van der Waals surface area contributed by atoms with Crippen LogP contribution in [0.25, 0.3) is 0 Å². The number of rotatable bonds is 4. The summed E-state index contributed by atoms with van der Waals surface area (Å²) >= 11 is 0. The van der Waals surface area contributed by atoms with Crippen molar-refractivity contribution in [1.29, 1.82) is 0 Å². The van der Waals surface area contributed by atoms with Gasteiger partial charge in [0.2, 0.25) is 0 Å². The first-order valence-corrected chi connectivity index (χ1v) is 5.83. The minimum atomic E-state index is 0.108. The third-order valence-corrected chi connectivity index (χ3v) is 3.12. The largest absolute Gasteiger partial charge is 0.392 e. The molecule has 1 aromatic carbocycles. The SMILES string of the molecule is CC1OCCC1NCc1cccc(CO)c1. The molecule has 1 heterocycles. The van der Waals surface area contributed by atoms with Gasteiger partial charge in [-0.15, -0.1) is 0 Å². The summed E-state index contributed by atoms with van der Waals surface area (Å²) in [6.45, 7) is 3.91. The first-order valence-electron chi connectivity index (χ1n) is 5.83. The van der Waals surface area contributed by atoms with Gasteiger partial charge in [0.1, 0.15) is 0 Å². The third-order valence-electron chi connectivity index (χ3n) is 3.12. The van der Waals surface area contributed by atoms with Crippen molar-refractivity contribution in [3.8, 4) is 0 Å². The van der Waals surface area contributed by atoms with E-state index < -0.39 is 0 Å². The second-order valence-electron chi connectivity index (χ2n) is 4.33. The highest BCUT2D eigenvalue weighted by molar-refractivity contribution is 5.22. The van der Waals surface area contributed by atoms with Gasteiger partial charge in [-0.3, -0.25) is 0 Å². The summed E-state index contributed by atoms with van der Waals surface area (Å²) in [5.41, 5.74) is 2.18. The van der Waals surface area contributed by atoms with Crippen LogP contribution in [0.4, 0.5) is 0 Å². The number of aliphatic hydroxyl groups is 1. The Labute approximate surface area is 96.4 Å². The number of nitrogens with one attached hydrogen (secondary N) is 1. The topological polar surface area (TPSA) is 41.5 Å². The first kappa shape index (κ1) is 11.6. The number of benzene rings is 1. The fourth-order valence-electron chi connectivity index (χ4n) is 2.09. The summed E-state index contributed by atoms with van der Waals surface area (Å²) < 4.78 is 5.50. The summed E-state index contributed by atoms with van der Waals surface area (Å²) in [6, 6.07) is 8.49. The molecule has 2 unspecified atom stereocenters. The Morgan fingerprint density at radius 3 is 2.94 bits per heavy atom. The van der Waals surface area contributed by atoms with Gasteiger partial charge >= 0.3 is 0 Å². The van der Waals surface area contributed by atoms with Crippen molar-refractivity contribution in [3.05, 3.63) is 35.4 Å². The second-order valence-corrected chi connectivity index (χ2v) is 4.33. The molecule has 1 aliphatic rings. The quantitative estimate of drug-likeness (QED) is 0.808. The summed E-state index contributed by atoms with van der Waals surface area (Å²) in [4.78, 5) is 0. The van der Waals surface area contributed by atoms with E-state index >= 15 is 0 Å². The maximum atomic E-state index is 9.04. The lowest BCUT2D eigenvalue weighted by Crippen LogP contribution is -2.34. The molecule has 0 bridgehead atoms. The number of hydrogen-bond donors (Lipinski definition) is 2. The van der Waals surface area contributed by atoms with Crippen molar-refractivity contribution in [2.24, 2.45) is 0 Å². The van der Waals surface area contributed by atoms with Crippen molar-refractivity contribution in [2.75, 3.05) is 6.61 Å². The van der Waals surface area contributed by atoms with Gasteiger partial charge in [-0.1, -0.05) is 24.3 Å². The first-order chi connectivity index (χ1) is 7.79. The van der Waals surface area contributed by atoms with Crippen LogP contribution < -0.4 is 5.32 Å². The van der Waals surface area contributed by atoms with Crippen LogP contribution in [-0.4, -0.2) is 23.9 Å². The van der Waals surface area contributed by atoms with E-state index in [2.05, 4.69) is 18.3 Å². The molecule has 0 aromatic heterocycles. The fourth-order valence-corrected chi connectivity index (χ4v) is 2.09. The summed E-state index contributed by atoms with van der Waals surface area (Å²) in [5.74, 6) is 0. The van der Waals surface area contributed by atoms with Gasteiger partial charge < -0.3 is 15.2 Å². The van der Waals surface area contributed by atoms with Gasteiger partial charge in [0, 0.05) is 19.2 Å². The molecule has 1 fully saturated rings. The molecule has 2 N–H and O–H groups in total. The molecule has 1 saturated heterocycles.